The number of Topliss-reactive ketones (excluding diaryl/α,β-unsaturated/α-hetero) is 1. The van der Waals surface area contributed by atoms with E-state index in [0.29, 0.717) is 11.2 Å². The standard InChI is InChI=1S/C23H28FN5OS/c1-14-12-20(15(2)28(14)18-10-11-18)21(30)13-31-23-26-25-22(16(3)27(4)5)29(23)19-8-6-17(24)7-9-19/h6-9,12,16,18H,10-11,13H2,1-5H3/t16-/m0/s1. The van der Waals surface area contributed by atoms with E-state index in [1.807, 2.05) is 43.5 Å². The molecule has 1 aromatic carbocycles. The lowest BCUT2D eigenvalue weighted by atomic mass is 10.2. The highest BCUT2D eigenvalue weighted by Gasteiger charge is 2.28. The summed E-state index contributed by atoms with van der Waals surface area (Å²) in [5.41, 5.74) is 3.75. The van der Waals surface area contributed by atoms with E-state index in [4.69, 9.17) is 0 Å². The number of hydrogen-bond donors (Lipinski definition) is 0. The molecule has 8 heteroatoms. The molecule has 6 nitrogen and oxygen atoms in total. The SMILES string of the molecule is Cc1cc(C(=O)CSc2nnc([C@H](C)N(C)C)n2-c2ccc(F)cc2)c(C)n1C1CC1. The zero-order chi connectivity index (χ0) is 22.3. The second kappa shape index (κ2) is 8.59. The number of halogens is 1. The Morgan fingerprint density at radius 1 is 1.23 bits per heavy atom. The van der Waals surface area contributed by atoms with Crippen molar-refractivity contribution in [2.75, 3.05) is 19.8 Å². The molecule has 0 radical (unpaired) electrons. The van der Waals surface area contributed by atoms with Crippen LogP contribution >= 0.6 is 11.8 Å². The van der Waals surface area contributed by atoms with E-state index in [0.717, 1.165) is 28.5 Å². The smallest absolute Gasteiger partial charge is 0.196 e. The van der Waals surface area contributed by atoms with Crippen LogP contribution in [0.5, 0.6) is 0 Å². The zero-order valence-corrected chi connectivity index (χ0v) is 19.4. The van der Waals surface area contributed by atoms with Crippen LogP contribution in [0.3, 0.4) is 0 Å². The van der Waals surface area contributed by atoms with E-state index in [9.17, 15) is 9.18 Å². The fraction of sp³-hybridized carbons (Fsp3) is 0.435. The Bertz CT molecular complexity index is 1100. The van der Waals surface area contributed by atoms with Crippen molar-refractivity contribution in [3.8, 4) is 5.69 Å². The molecule has 0 aliphatic heterocycles. The van der Waals surface area contributed by atoms with Gasteiger partial charge in [0.25, 0.3) is 0 Å². The van der Waals surface area contributed by atoms with Crippen LogP contribution in [0.15, 0.2) is 35.5 Å². The highest BCUT2D eigenvalue weighted by atomic mass is 32.2. The van der Waals surface area contributed by atoms with Gasteiger partial charge in [-0.2, -0.15) is 0 Å². The molecule has 164 valence electrons. The van der Waals surface area contributed by atoms with E-state index in [1.165, 1.54) is 36.7 Å². The maximum Gasteiger partial charge on any atom is 0.196 e. The topological polar surface area (TPSA) is 56.0 Å². The van der Waals surface area contributed by atoms with Crippen molar-refractivity contribution >= 4 is 17.5 Å². The maximum atomic E-state index is 13.5. The number of nitrogens with zero attached hydrogens (tertiary/aromatic N) is 5. The Labute approximate surface area is 186 Å². The number of carbonyl (C=O) groups is 1. The lowest BCUT2D eigenvalue weighted by Crippen LogP contribution is -2.20. The minimum Gasteiger partial charge on any atom is -0.345 e. The summed E-state index contributed by atoms with van der Waals surface area (Å²) in [6.45, 7) is 6.13. The summed E-state index contributed by atoms with van der Waals surface area (Å²) < 4.78 is 17.7. The molecule has 31 heavy (non-hydrogen) atoms. The van der Waals surface area contributed by atoms with Gasteiger partial charge >= 0.3 is 0 Å². The molecule has 1 aliphatic rings. The molecule has 1 aliphatic carbocycles. The van der Waals surface area contributed by atoms with Crippen LogP contribution in [0.25, 0.3) is 5.69 Å². The Morgan fingerprint density at radius 2 is 1.90 bits per heavy atom. The quantitative estimate of drug-likeness (QED) is 0.373. The highest BCUT2D eigenvalue weighted by Crippen LogP contribution is 2.38. The fourth-order valence-corrected chi connectivity index (χ4v) is 4.71. The normalized spacial score (nSPS) is 14.9. The van der Waals surface area contributed by atoms with Crippen LogP contribution in [-0.4, -0.2) is 49.9 Å². The first kappa shape index (κ1) is 21.8. The summed E-state index contributed by atoms with van der Waals surface area (Å²) in [5, 5.41) is 9.39. The van der Waals surface area contributed by atoms with Gasteiger partial charge < -0.3 is 4.57 Å². The molecule has 4 rings (SSSR count). The molecule has 0 saturated heterocycles. The molecule has 1 atom stereocenters. The third kappa shape index (κ3) is 4.32. The van der Waals surface area contributed by atoms with Crippen LogP contribution in [0, 0.1) is 19.7 Å². The van der Waals surface area contributed by atoms with Crippen LogP contribution in [-0.2, 0) is 0 Å². The molecule has 2 heterocycles. The molecule has 1 fully saturated rings. The van der Waals surface area contributed by atoms with E-state index in [2.05, 4.69) is 21.7 Å². The molecule has 0 bridgehead atoms. The largest absolute Gasteiger partial charge is 0.345 e. The Morgan fingerprint density at radius 3 is 2.52 bits per heavy atom. The number of aromatic nitrogens is 4. The number of hydrogen-bond acceptors (Lipinski definition) is 5. The van der Waals surface area contributed by atoms with Crippen molar-refractivity contribution in [3.63, 3.8) is 0 Å². The Hall–Kier alpha value is -2.45. The predicted molar refractivity (Wildman–Crippen MR) is 121 cm³/mol. The number of thioether (sulfide) groups is 1. The highest BCUT2D eigenvalue weighted by molar-refractivity contribution is 7.99. The molecule has 0 amide bonds. The Kier molecular flexibility index (Phi) is 6.03. The summed E-state index contributed by atoms with van der Waals surface area (Å²) in [6.07, 6.45) is 2.37. The van der Waals surface area contributed by atoms with Gasteiger partial charge in [0.1, 0.15) is 5.82 Å². The summed E-state index contributed by atoms with van der Waals surface area (Å²) in [5.74, 6) is 0.804. The van der Waals surface area contributed by atoms with Crippen molar-refractivity contribution in [3.05, 3.63) is 58.9 Å². The first-order chi connectivity index (χ1) is 14.8. The second-order valence-corrected chi connectivity index (χ2v) is 9.33. The number of rotatable bonds is 8. The van der Waals surface area contributed by atoms with Crippen molar-refractivity contribution in [1.29, 1.82) is 0 Å². The number of ketones is 1. The Balaban J connectivity index is 1.60. The number of benzene rings is 1. The van der Waals surface area contributed by atoms with Crippen LogP contribution in [0.1, 0.15) is 59.4 Å². The fourth-order valence-electron chi connectivity index (χ4n) is 3.87. The van der Waals surface area contributed by atoms with Gasteiger partial charge in [-0.15, -0.1) is 10.2 Å². The summed E-state index contributed by atoms with van der Waals surface area (Å²) in [4.78, 5) is 15.1. The number of carbonyl (C=O) groups excluding carboxylic acids is 1. The van der Waals surface area contributed by atoms with E-state index in [1.54, 1.807) is 12.1 Å². The van der Waals surface area contributed by atoms with Crippen molar-refractivity contribution in [1.82, 2.24) is 24.2 Å². The van der Waals surface area contributed by atoms with E-state index >= 15 is 0 Å². The van der Waals surface area contributed by atoms with Gasteiger partial charge in [-0.05, 0) is 78.0 Å². The summed E-state index contributed by atoms with van der Waals surface area (Å²) in [6, 6.07) is 8.81. The van der Waals surface area contributed by atoms with Gasteiger partial charge in [0.05, 0.1) is 11.8 Å². The number of aryl methyl sites for hydroxylation is 1. The molecule has 1 saturated carbocycles. The van der Waals surface area contributed by atoms with Crippen molar-refractivity contribution < 1.29 is 9.18 Å². The molecular formula is C23H28FN5OS. The van der Waals surface area contributed by atoms with Gasteiger partial charge in [-0.3, -0.25) is 14.3 Å². The second-order valence-electron chi connectivity index (χ2n) is 8.39. The third-order valence-electron chi connectivity index (χ3n) is 5.92. The van der Waals surface area contributed by atoms with Crippen LogP contribution in [0.4, 0.5) is 4.39 Å². The van der Waals surface area contributed by atoms with Crippen LogP contribution < -0.4 is 0 Å². The predicted octanol–water partition coefficient (Wildman–Crippen LogP) is 4.76. The summed E-state index contributed by atoms with van der Waals surface area (Å²) in [7, 11) is 3.95. The lowest BCUT2D eigenvalue weighted by molar-refractivity contribution is 0.102. The van der Waals surface area contributed by atoms with Gasteiger partial charge in [0.15, 0.2) is 16.8 Å². The van der Waals surface area contributed by atoms with E-state index < -0.39 is 0 Å². The van der Waals surface area contributed by atoms with Gasteiger partial charge in [-0.1, -0.05) is 11.8 Å². The minimum absolute atomic E-state index is 0.0000670. The summed E-state index contributed by atoms with van der Waals surface area (Å²) >= 11 is 1.37. The molecule has 2 aromatic heterocycles. The van der Waals surface area contributed by atoms with Gasteiger partial charge in [-0.25, -0.2) is 4.39 Å². The van der Waals surface area contributed by atoms with Crippen LogP contribution in [0.2, 0.25) is 0 Å². The van der Waals surface area contributed by atoms with Gasteiger partial charge in [0, 0.05) is 28.7 Å². The zero-order valence-electron chi connectivity index (χ0n) is 18.6. The van der Waals surface area contributed by atoms with Gasteiger partial charge in [0.2, 0.25) is 0 Å². The average molecular weight is 442 g/mol. The molecule has 0 unspecified atom stereocenters. The minimum atomic E-state index is -0.297. The maximum absolute atomic E-state index is 13.5. The average Bonchev–Trinajstić information content (AvgIpc) is 3.40. The van der Waals surface area contributed by atoms with E-state index in [-0.39, 0.29) is 23.4 Å². The lowest BCUT2D eigenvalue weighted by Gasteiger charge is -2.20. The molecule has 3 aromatic rings. The van der Waals surface area contributed by atoms with Crippen molar-refractivity contribution in [2.45, 2.75) is 50.9 Å². The first-order valence-electron chi connectivity index (χ1n) is 10.5. The molecule has 0 N–H and O–H groups in total. The molecular weight excluding hydrogens is 413 g/mol. The third-order valence-corrected chi connectivity index (χ3v) is 6.85. The monoisotopic (exact) mass is 441 g/mol. The first-order valence-corrected chi connectivity index (χ1v) is 11.5. The molecule has 0 spiro atoms. The van der Waals surface area contributed by atoms with Crippen molar-refractivity contribution in [2.24, 2.45) is 0 Å².